The van der Waals surface area contributed by atoms with E-state index in [9.17, 15) is 27.2 Å². The Morgan fingerprint density at radius 3 is 2.33 bits per heavy atom. The highest BCUT2D eigenvalue weighted by Gasteiger charge is 2.54. The molecule has 33 heavy (non-hydrogen) atoms. The van der Waals surface area contributed by atoms with Crippen LogP contribution < -0.4 is 0 Å². The van der Waals surface area contributed by atoms with Crippen LogP contribution in [0.2, 0.25) is 0 Å². The number of hydrogen-bond donors (Lipinski definition) is 1. The third-order valence-electron chi connectivity index (χ3n) is 5.88. The maximum Gasteiger partial charge on any atom is 0.490 e. The van der Waals surface area contributed by atoms with Crippen molar-refractivity contribution < 1.29 is 41.8 Å². The predicted octanol–water partition coefficient (Wildman–Crippen LogP) is 2.06. The number of halogens is 4. The van der Waals surface area contributed by atoms with Crippen LogP contribution in [0.5, 0.6) is 0 Å². The van der Waals surface area contributed by atoms with Gasteiger partial charge < -0.3 is 24.2 Å². The van der Waals surface area contributed by atoms with Crippen LogP contribution in [0.25, 0.3) is 0 Å². The summed E-state index contributed by atoms with van der Waals surface area (Å²) < 4.78 is 53.5. The summed E-state index contributed by atoms with van der Waals surface area (Å²) in [6.07, 6.45) is -0.575. The van der Waals surface area contributed by atoms with Crippen LogP contribution in [0, 0.1) is 0 Å². The van der Waals surface area contributed by atoms with E-state index in [1.165, 1.54) is 0 Å². The minimum atomic E-state index is -5.08. The molecule has 184 valence electrons. The standard InChI is InChI=1S/C18H25FN4O3.C2HF3O2/c1-13-16-20-10-14(11-26-12-15(24)21-6-2-3-7-21)23(16)9-8-22(13)17(25)18(19)4-5-18;3-2(4,5)1(6)7/h10,13H,2-9,11-12H2,1H3;(H,6,7). The molecule has 0 radical (unpaired) electrons. The molecule has 0 spiro atoms. The summed E-state index contributed by atoms with van der Waals surface area (Å²) in [5.41, 5.74) is -0.764. The van der Waals surface area contributed by atoms with Crippen LogP contribution in [0.15, 0.2) is 6.20 Å². The van der Waals surface area contributed by atoms with E-state index < -0.39 is 23.7 Å². The van der Waals surface area contributed by atoms with Crippen LogP contribution in [0.4, 0.5) is 17.6 Å². The summed E-state index contributed by atoms with van der Waals surface area (Å²) in [6, 6.07) is -0.260. The SMILES string of the molecule is CC1c2ncc(COCC(=O)N3CCCC3)n2CCN1C(=O)C1(F)CC1.O=C(O)C(F)(F)F. The van der Waals surface area contributed by atoms with E-state index in [0.717, 1.165) is 37.4 Å². The van der Waals surface area contributed by atoms with Crippen molar-refractivity contribution in [2.75, 3.05) is 26.2 Å². The molecule has 1 aliphatic carbocycles. The predicted molar refractivity (Wildman–Crippen MR) is 105 cm³/mol. The molecule has 1 aromatic rings. The van der Waals surface area contributed by atoms with Gasteiger partial charge in [-0.3, -0.25) is 9.59 Å². The number of ether oxygens (including phenoxy) is 1. The van der Waals surface area contributed by atoms with Crippen molar-refractivity contribution in [3.8, 4) is 0 Å². The molecule has 1 atom stereocenters. The van der Waals surface area contributed by atoms with Gasteiger partial charge in [-0.15, -0.1) is 0 Å². The number of aliphatic carboxylic acids is 1. The minimum absolute atomic E-state index is 0.0312. The average molecular weight is 478 g/mol. The molecule has 1 N–H and O–H groups in total. The van der Waals surface area contributed by atoms with Gasteiger partial charge in [-0.1, -0.05) is 0 Å². The summed E-state index contributed by atoms with van der Waals surface area (Å²) in [5, 5.41) is 7.12. The van der Waals surface area contributed by atoms with Gasteiger partial charge in [0.2, 0.25) is 5.91 Å². The maximum absolute atomic E-state index is 14.1. The van der Waals surface area contributed by atoms with Crippen LogP contribution in [0.3, 0.4) is 0 Å². The van der Waals surface area contributed by atoms with Gasteiger partial charge in [0.1, 0.15) is 12.4 Å². The Morgan fingerprint density at radius 2 is 1.79 bits per heavy atom. The third kappa shape index (κ3) is 5.81. The van der Waals surface area contributed by atoms with Gasteiger partial charge in [0, 0.05) is 26.2 Å². The molecule has 1 saturated carbocycles. The number of amides is 2. The minimum Gasteiger partial charge on any atom is -0.475 e. The zero-order chi connectivity index (χ0) is 24.4. The zero-order valence-corrected chi connectivity index (χ0v) is 18.1. The quantitative estimate of drug-likeness (QED) is 0.650. The third-order valence-corrected chi connectivity index (χ3v) is 5.88. The van der Waals surface area contributed by atoms with Crippen molar-refractivity contribution >= 4 is 17.8 Å². The summed E-state index contributed by atoms with van der Waals surface area (Å²) in [7, 11) is 0. The van der Waals surface area contributed by atoms with Gasteiger partial charge in [-0.05, 0) is 32.6 Å². The van der Waals surface area contributed by atoms with Gasteiger partial charge in [0.05, 0.1) is 24.5 Å². The number of carboxylic acid groups (broad SMARTS) is 1. The Balaban J connectivity index is 0.000000383. The van der Waals surface area contributed by atoms with E-state index in [1.54, 1.807) is 11.1 Å². The second-order valence-electron chi connectivity index (χ2n) is 8.28. The summed E-state index contributed by atoms with van der Waals surface area (Å²) in [5.74, 6) is -2.39. The largest absolute Gasteiger partial charge is 0.490 e. The van der Waals surface area contributed by atoms with Gasteiger partial charge in [0.25, 0.3) is 5.91 Å². The Kier molecular flexibility index (Phi) is 7.29. The Morgan fingerprint density at radius 1 is 1.18 bits per heavy atom. The van der Waals surface area contributed by atoms with Crippen LogP contribution in [-0.2, 0) is 32.3 Å². The molecule has 1 aromatic heterocycles. The molecule has 0 bridgehead atoms. The van der Waals surface area contributed by atoms with Gasteiger partial charge >= 0.3 is 12.1 Å². The molecule has 2 fully saturated rings. The first kappa shape index (κ1) is 24.9. The highest BCUT2D eigenvalue weighted by atomic mass is 19.4. The zero-order valence-electron chi connectivity index (χ0n) is 18.1. The summed E-state index contributed by atoms with van der Waals surface area (Å²) in [4.78, 5) is 41.1. The molecule has 3 aliphatic rings. The number of hydrogen-bond acceptors (Lipinski definition) is 5. The molecule has 2 aliphatic heterocycles. The molecule has 2 amide bonds. The van der Waals surface area contributed by atoms with Crippen molar-refractivity contribution in [2.45, 2.75) is 63.6 Å². The highest BCUT2D eigenvalue weighted by molar-refractivity contribution is 5.88. The number of carbonyl (C=O) groups is 3. The normalized spacial score (nSPS) is 21.2. The van der Waals surface area contributed by atoms with E-state index in [-0.39, 0.29) is 18.6 Å². The number of carbonyl (C=O) groups excluding carboxylic acids is 2. The van der Waals surface area contributed by atoms with E-state index in [4.69, 9.17) is 14.6 Å². The molecule has 3 heterocycles. The van der Waals surface area contributed by atoms with Crippen molar-refractivity contribution in [1.29, 1.82) is 0 Å². The lowest BCUT2D eigenvalue weighted by molar-refractivity contribution is -0.192. The Bertz CT molecular complexity index is 894. The van der Waals surface area contributed by atoms with Crippen molar-refractivity contribution in [2.24, 2.45) is 0 Å². The van der Waals surface area contributed by atoms with Gasteiger partial charge in [-0.2, -0.15) is 13.2 Å². The van der Waals surface area contributed by atoms with Crippen molar-refractivity contribution in [1.82, 2.24) is 19.4 Å². The molecule has 9 nitrogen and oxygen atoms in total. The first-order valence-corrected chi connectivity index (χ1v) is 10.6. The molecule has 4 rings (SSSR count). The van der Waals surface area contributed by atoms with Crippen molar-refractivity contribution in [3.05, 3.63) is 17.7 Å². The maximum atomic E-state index is 14.1. The summed E-state index contributed by atoms with van der Waals surface area (Å²) >= 11 is 0. The molecule has 1 unspecified atom stereocenters. The molecule has 1 saturated heterocycles. The van der Waals surface area contributed by atoms with E-state index in [0.29, 0.717) is 32.5 Å². The number of aromatic nitrogens is 2. The second-order valence-corrected chi connectivity index (χ2v) is 8.28. The lowest BCUT2D eigenvalue weighted by Crippen LogP contribution is -2.45. The van der Waals surface area contributed by atoms with E-state index in [2.05, 4.69) is 4.98 Å². The van der Waals surface area contributed by atoms with Crippen molar-refractivity contribution in [3.63, 3.8) is 0 Å². The summed E-state index contributed by atoms with van der Waals surface area (Å²) in [6.45, 7) is 4.94. The van der Waals surface area contributed by atoms with E-state index in [1.807, 2.05) is 16.4 Å². The number of carboxylic acids is 1. The lowest BCUT2D eigenvalue weighted by Gasteiger charge is -2.35. The van der Waals surface area contributed by atoms with Crippen LogP contribution in [0.1, 0.15) is 50.2 Å². The number of rotatable bonds is 5. The highest BCUT2D eigenvalue weighted by Crippen LogP contribution is 2.43. The molecular weight excluding hydrogens is 452 g/mol. The van der Waals surface area contributed by atoms with Crippen LogP contribution in [-0.4, -0.2) is 80.3 Å². The van der Waals surface area contributed by atoms with E-state index >= 15 is 0 Å². The van der Waals surface area contributed by atoms with Gasteiger partial charge in [-0.25, -0.2) is 14.2 Å². The Hall–Kier alpha value is -2.70. The molecular formula is C20H26F4N4O5. The van der Waals surface area contributed by atoms with Crippen LogP contribution >= 0.6 is 0 Å². The smallest absolute Gasteiger partial charge is 0.475 e. The average Bonchev–Trinajstić information content (AvgIpc) is 3.15. The first-order valence-electron chi connectivity index (χ1n) is 10.6. The fourth-order valence-corrected chi connectivity index (χ4v) is 3.83. The lowest BCUT2D eigenvalue weighted by atomic mass is 10.1. The monoisotopic (exact) mass is 478 g/mol. The topological polar surface area (TPSA) is 105 Å². The fraction of sp³-hybridized carbons (Fsp3) is 0.700. The number of nitrogens with zero attached hydrogens (tertiary/aromatic N) is 4. The van der Waals surface area contributed by atoms with Gasteiger partial charge in [0.15, 0.2) is 5.67 Å². The number of likely N-dealkylation sites (tertiary alicyclic amines) is 1. The number of imidazole rings is 1. The first-order chi connectivity index (χ1) is 15.4. The second kappa shape index (κ2) is 9.65. The Labute approximate surface area is 187 Å². The molecule has 13 heteroatoms. The number of fused-ring (bicyclic) bond motifs is 1. The fourth-order valence-electron chi connectivity index (χ4n) is 3.83. The molecule has 0 aromatic carbocycles. The number of alkyl halides is 4.